The van der Waals surface area contributed by atoms with Crippen LogP contribution in [0.1, 0.15) is 43.5 Å². The number of carboxylic acids is 1. The molecule has 0 aliphatic heterocycles. The maximum Gasteiger partial charge on any atom is 0.305 e. The minimum absolute atomic E-state index is 0.0458. The van der Waals surface area contributed by atoms with Gasteiger partial charge in [-0.3, -0.25) is 9.59 Å². The molecule has 1 amide bonds. The van der Waals surface area contributed by atoms with E-state index in [0.29, 0.717) is 18.4 Å². The Hall–Kier alpha value is -1.36. The summed E-state index contributed by atoms with van der Waals surface area (Å²) in [6.07, 6.45) is 1.16. The molecule has 1 aromatic heterocycles. The Morgan fingerprint density at radius 1 is 1.41 bits per heavy atom. The highest BCUT2D eigenvalue weighted by molar-refractivity contribution is 7.08. The molecule has 1 rings (SSSR count). The van der Waals surface area contributed by atoms with Gasteiger partial charge < -0.3 is 10.4 Å². The second-order valence-corrected chi connectivity index (χ2v) is 4.80. The smallest absolute Gasteiger partial charge is 0.305 e. The molecule has 0 saturated carbocycles. The van der Waals surface area contributed by atoms with E-state index in [1.54, 1.807) is 11.4 Å². The molecule has 2 N–H and O–H groups in total. The van der Waals surface area contributed by atoms with Crippen molar-refractivity contribution in [1.82, 2.24) is 5.32 Å². The van der Waals surface area contributed by atoms with Crippen molar-refractivity contribution in [2.45, 2.75) is 38.6 Å². The summed E-state index contributed by atoms with van der Waals surface area (Å²) in [4.78, 5) is 22.8. The average molecular weight is 255 g/mol. The summed E-state index contributed by atoms with van der Waals surface area (Å²) in [7, 11) is 0. The van der Waals surface area contributed by atoms with E-state index >= 15 is 0 Å². The zero-order valence-corrected chi connectivity index (χ0v) is 10.8. The Bertz CT molecular complexity index is 382. The van der Waals surface area contributed by atoms with Crippen molar-refractivity contribution in [1.29, 1.82) is 0 Å². The Balaban J connectivity index is 2.79. The van der Waals surface area contributed by atoms with Crippen LogP contribution >= 0.6 is 11.3 Å². The van der Waals surface area contributed by atoms with E-state index < -0.39 is 11.5 Å². The van der Waals surface area contributed by atoms with Gasteiger partial charge in [-0.25, -0.2) is 0 Å². The number of thiophene rings is 1. The first kappa shape index (κ1) is 13.7. The fourth-order valence-corrected chi connectivity index (χ4v) is 2.35. The van der Waals surface area contributed by atoms with Crippen molar-refractivity contribution in [3.8, 4) is 0 Å². The molecule has 0 aliphatic carbocycles. The van der Waals surface area contributed by atoms with E-state index in [0.717, 1.165) is 0 Å². The molecule has 94 valence electrons. The normalized spacial score (nSPS) is 11.2. The van der Waals surface area contributed by atoms with Gasteiger partial charge in [-0.05, 0) is 24.3 Å². The van der Waals surface area contributed by atoms with E-state index in [2.05, 4.69) is 5.32 Å². The number of carbonyl (C=O) groups is 2. The van der Waals surface area contributed by atoms with Crippen LogP contribution in [0, 0.1) is 0 Å². The van der Waals surface area contributed by atoms with Crippen molar-refractivity contribution in [2.75, 3.05) is 0 Å². The van der Waals surface area contributed by atoms with Crippen molar-refractivity contribution >= 4 is 23.2 Å². The lowest BCUT2D eigenvalue weighted by atomic mass is 9.88. The molecule has 0 unspecified atom stereocenters. The predicted octanol–water partition coefficient (Wildman–Crippen LogP) is 2.51. The minimum atomic E-state index is -0.890. The Morgan fingerprint density at radius 2 is 2.06 bits per heavy atom. The molecule has 0 aliphatic rings. The molecule has 0 radical (unpaired) electrons. The Kier molecular flexibility index (Phi) is 4.69. The van der Waals surface area contributed by atoms with Crippen LogP contribution in [0.25, 0.3) is 0 Å². The van der Waals surface area contributed by atoms with E-state index in [-0.39, 0.29) is 12.3 Å². The van der Waals surface area contributed by atoms with Gasteiger partial charge in [0.15, 0.2) is 0 Å². The lowest BCUT2D eigenvalue weighted by molar-refractivity contribution is -0.138. The quantitative estimate of drug-likeness (QED) is 0.820. The van der Waals surface area contributed by atoms with Gasteiger partial charge in [0, 0.05) is 5.38 Å². The van der Waals surface area contributed by atoms with Gasteiger partial charge in [0.2, 0.25) is 0 Å². The van der Waals surface area contributed by atoms with Crippen LogP contribution in [0.2, 0.25) is 0 Å². The van der Waals surface area contributed by atoms with Crippen molar-refractivity contribution in [2.24, 2.45) is 0 Å². The summed E-state index contributed by atoms with van der Waals surface area (Å²) in [5.74, 6) is -1.09. The van der Waals surface area contributed by atoms with E-state index in [1.807, 2.05) is 19.2 Å². The fraction of sp³-hybridized carbons (Fsp3) is 0.500. The van der Waals surface area contributed by atoms with Crippen molar-refractivity contribution < 1.29 is 14.7 Å². The number of hydrogen-bond acceptors (Lipinski definition) is 3. The van der Waals surface area contributed by atoms with Gasteiger partial charge in [-0.15, -0.1) is 0 Å². The monoisotopic (exact) mass is 255 g/mol. The van der Waals surface area contributed by atoms with Gasteiger partial charge in [0.1, 0.15) is 0 Å². The van der Waals surface area contributed by atoms with Crippen molar-refractivity contribution in [3.63, 3.8) is 0 Å². The number of amides is 1. The molecular weight excluding hydrogens is 238 g/mol. The molecule has 0 spiro atoms. The lowest BCUT2D eigenvalue weighted by Crippen LogP contribution is -2.49. The Labute approximate surface area is 105 Å². The first-order valence-corrected chi connectivity index (χ1v) is 6.54. The van der Waals surface area contributed by atoms with Gasteiger partial charge in [-0.2, -0.15) is 11.3 Å². The van der Waals surface area contributed by atoms with Crippen molar-refractivity contribution in [3.05, 3.63) is 22.4 Å². The molecule has 5 heteroatoms. The highest BCUT2D eigenvalue weighted by Crippen LogP contribution is 2.21. The van der Waals surface area contributed by atoms with E-state index in [4.69, 9.17) is 5.11 Å². The van der Waals surface area contributed by atoms with Crippen LogP contribution in [-0.4, -0.2) is 22.5 Å². The largest absolute Gasteiger partial charge is 0.481 e. The molecule has 0 aromatic carbocycles. The van der Waals surface area contributed by atoms with E-state index in [9.17, 15) is 9.59 Å². The molecule has 0 bridgehead atoms. The second kappa shape index (κ2) is 5.82. The summed E-state index contributed by atoms with van der Waals surface area (Å²) in [5.41, 5.74) is -0.0585. The van der Waals surface area contributed by atoms with Crippen LogP contribution in [-0.2, 0) is 4.79 Å². The summed E-state index contributed by atoms with van der Waals surface area (Å²) >= 11 is 1.45. The third-order valence-corrected chi connectivity index (χ3v) is 3.69. The van der Waals surface area contributed by atoms with Gasteiger partial charge >= 0.3 is 5.97 Å². The number of hydrogen-bond donors (Lipinski definition) is 2. The van der Waals surface area contributed by atoms with E-state index in [1.165, 1.54) is 11.3 Å². The second-order valence-electron chi connectivity index (χ2n) is 4.02. The third kappa shape index (κ3) is 3.56. The number of carboxylic acid groups (broad SMARTS) is 1. The fourth-order valence-electron chi connectivity index (χ4n) is 1.72. The first-order valence-electron chi connectivity index (χ1n) is 5.59. The summed E-state index contributed by atoms with van der Waals surface area (Å²) in [6, 6.07) is 1.73. The molecule has 4 nitrogen and oxygen atoms in total. The third-order valence-electron chi connectivity index (χ3n) is 3.01. The molecule has 17 heavy (non-hydrogen) atoms. The maximum atomic E-state index is 11.9. The predicted molar refractivity (Wildman–Crippen MR) is 67.4 cm³/mol. The summed E-state index contributed by atoms with van der Waals surface area (Å²) in [6.45, 7) is 3.78. The van der Waals surface area contributed by atoms with Crippen LogP contribution in [0.3, 0.4) is 0 Å². The molecule has 0 fully saturated rings. The molecule has 0 saturated heterocycles. The highest BCUT2D eigenvalue weighted by Gasteiger charge is 2.31. The number of nitrogens with one attached hydrogen (secondary N) is 1. The minimum Gasteiger partial charge on any atom is -0.481 e. The standard InChI is InChI=1S/C12H17NO3S/c1-3-12(4-2,7-10(14)15)13-11(16)9-5-6-17-8-9/h5-6,8H,3-4,7H2,1-2H3,(H,13,16)(H,14,15). The molecule has 1 aromatic rings. The highest BCUT2D eigenvalue weighted by atomic mass is 32.1. The Morgan fingerprint density at radius 3 is 2.47 bits per heavy atom. The molecule has 1 heterocycles. The molecular formula is C12H17NO3S. The van der Waals surface area contributed by atoms with Gasteiger partial charge in [0.25, 0.3) is 5.91 Å². The zero-order chi connectivity index (χ0) is 12.9. The van der Waals surface area contributed by atoms with Crippen LogP contribution in [0.5, 0.6) is 0 Å². The molecule has 0 atom stereocenters. The summed E-state index contributed by atoms with van der Waals surface area (Å²) in [5, 5.41) is 15.3. The van der Waals surface area contributed by atoms with Crippen LogP contribution in [0.4, 0.5) is 0 Å². The van der Waals surface area contributed by atoms with Crippen LogP contribution in [0.15, 0.2) is 16.8 Å². The maximum absolute atomic E-state index is 11.9. The van der Waals surface area contributed by atoms with Gasteiger partial charge in [-0.1, -0.05) is 13.8 Å². The number of aliphatic carboxylic acids is 1. The number of carbonyl (C=O) groups excluding carboxylic acids is 1. The van der Waals surface area contributed by atoms with Gasteiger partial charge in [0.05, 0.1) is 17.5 Å². The SMILES string of the molecule is CCC(CC)(CC(=O)O)NC(=O)c1ccsc1. The first-order chi connectivity index (χ1) is 8.03. The zero-order valence-electron chi connectivity index (χ0n) is 10.0. The van der Waals surface area contributed by atoms with Crippen LogP contribution < -0.4 is 5.32 Å². The number of rotatable bonds is 6. The summed E-state index contributed by atoms with van der Waals surface area (Å²) < 4.78 is 0. The average Bonchev–Trinajstić information content (AvgIpc) is 2.80. The lowest BCUT2D eigenvalue weighted by Gasteiger charge is -2.31. The topological polar surface area (TPSA) is 66.4 Å².